The van der Waals surface area contributed by atoms with Crippen LogP contribution in [0.1, 0.15) is 31.8 Å². The molecule has 4 rings (SSSR count). The first-order valence-electron chi connectivity index (χ1n) is 9.16. The van der Waals surface area contributed by atoms with E-state index < -0.39 is 0 Å². The van der Waals surface area contributed by atoms with E-state index in [9.17, 15) is 9.59 Å². The second-order valence-corrected chi connectivity index (χ2v) is 6.69. The van der Waals surface area contributed by atoms with Crippen LogP contribution < -0.4 is 4.74 Å². The summed E-state index contributed by atoms with van der Waals surface area (Å²) in [5.41, 5.74) is 1.78. The maximum Gasteiger partial charge on any atom is 0.254 e. The maximum atomic E-state index is 12.9. The zero-order valence-corrected chi connectivity index (χ0v) is 15.5. The molecular weight excluding hydrogens is 366 g/mol. The number of carbonyl (C=O) groups excluding carboxylic acids is 2. The summed E-state index contributed by atoms with van der Waals surface area (Å²) in [6.45, 7) is 0.788. The van der Waals surface area contributed by atoms with Gasteiger partial charge in [0, 0.05) is 23.4 Å². The Labute approximate surface area is 168 Å². The van der Waals surface area contributed by atoms with E-state index in [1.54, 1.807) is 65.6 Å². The van der Waals surface area contributed by atoms with Gasteiger partial charge in [-0.3, -0.25) is 9.59 Å². The lowest BCUT2D eigenvalue weighted by Crippen LogP contribution is -2.56. The van der Waals surface area contributed by atoms with Crippen LogP contribution in [0, 0.1) is 11.3 Å². The Kier molecular flexibility index (Phi) is 5.04. The molecule has 1 amide bonds. The highest BCUT2D eigenvalue weighted by Gasteiger charge is 2.34. The van der Waals surface area contributed by atoms with E-state index in [0.717, 1.165) is 0 Å². The van der Waals surface area contributed by atoms with E-state index in [0.29, 0.717) is 41.2 Å². The molecule has 6 heteroatoms. The molecule has 142 valence electrons. The summed E-state index contributed by atoms with van der Waals surface area (Å²) in [6.07, 6.45) is 1.32. The second-order valence-electron chi connectivity index (χ2n) is 6.69. The highest BCUT2D eigenvalue weighted by molar-refractivity contribution is 6.15. The van der Waals surface area contributed by atoms with Crippen LogP contribution in [0.25, 0.3) is 0 Å². The molecule has 0 atom stereocenters. The Balaban J connectivity index is 1.45. The SMILES string of the molecule is N#Cc1ccnc(OC2CN(C(=O)c3ccccc3C(=O)c3ccccc3)C2)c1. The zero-order chi connectivity index (χ0) is 20.2. The molecular formula is C23H17N3O3. The number of rotatable bonds is 5. The molecule has 0 unspecified atom stereocenters. The molecule has 0 N–H and O–H groups in total. The average molecular weight is 383 g/mol. The second kappa shape index (κ2) is 7.95. The van der Waals surface area contributed by atoms with Crippen LogP contribution in [-0.2, 0) is 0 Å². The molecule has 29 heavy (non-hydrogen) atoms. The third kappa shape index (κ3) is 3.85. The lowest BCUT2D eigenvalue weighted by molar-refractivity contribution is 0.0159. The zero-order valence-electron chi connectivity index (χ0n) is 15.5. The van der Waals surface area contributed by atoms with E-state index in [-0.39, 0.29) is 17.8 Å². The maximum absolute atomic E-state index is 12.9. The van der Waals surface area contributed by atoms with Crippen LogP contribution in [0.2, 0.25) is 0 Å². The smallest absolute Gasteiger partial charge is 0.254 e. The number of ether oxygens (including phenoxy) is 1. The first-order valence-corrected chi connectivity index (χ1v) is 9.16. The van der Waals surface area contributed by atoms with Gasteiger partial charge in [0.15, 0.2) is 5.78 Å². The van der Waals surface area contributed by atoms with E-state index in [1.165, 1.54) is 6.20 Å². The van der Waals surface area contributed by atoms with Gasteiger partial charge in [0.05, 0.1) is 30.3 Å². The number of nitriles is 1. The minimum atomic E-state index is -0.205. The van der Waals surface area contributed by atoms with Gasteiger partial charge < -0.3 is 9.64 Å². The number of ketones is 1. The number of carbonyl (C=O) groups is 2. The van der Waals surface area contributed by atoms with E-state index in [1.807, 2.05) is 12.1 Å². The highest BCUT2D eigenvalue weighted by Crippen LogP contribution is 2.22. The van der Waals surface area contributed by atoms with Crippen molar-refractivity contribution in [3.8, 4) is 11.9 Å². The van der Waals surface area contributed by atoms with Crippen LogP contribution in [-0.4, -0.2) is 40.8 Å². The summed E-state index contributed by atoms with van der Waals surface area (Å²) in [7, 11) is 0. The molecule has 3 aromatic rings. The van der Waals surface area contributed by atoms with Crippen LogP contribution in [0.15, 0.2) is 72.9 Å². The minimum absolute atomic E-state index is 0.180. The Morgan fingerprint density at radius 3 is 2.41 bits per heavy atom. The monoisotopic (exact) mass is 383 g/mol. The first-order chi connectivity index (χ1) is 14.2. The first kappa shape index (κ1) is 18.4. The molecule has 2 heterocycles. The molecule has 0 saturated carbocycles. The molecule has 0 spiro atoms. The number of pyridine rings is 1. The van der Waals surface area contributed by atoms with Crippen molar-refractivity contribution in [3.05, 3.63) is 95.2 Å². The van der Waals surface area contributed by atoms with Gasteiger partial charge in [0.25, 0.3) is 5.91 Å². The Morgan fingerprint density at radius 1 is 1.00 bits per heavy atom. The van der Waals surface area contributed by atoms with Crippen LogP contribution in [0.3, 0.4) is 0 Å². The molecule has 6 nitrogen and oxygen atoms in total. The van der Waals surface area contributed by atoms with Gasteiger partial charge in [-0.05, 0) is 12.1 Å². The number of hydrogen-bond donors (Lipinski definition) is 0. The van der Waals surface area contributed by atoms with Gasteiger partial charge in [-0.2, -0.15) is 5.26 Å². The van der Waals surface area contributed by atoms with Crippen molar-refractivity contribution in [1.29, 1.82) is 5.26 Å². The summed E-state index contributed by atoms with van der Waals surface area (Å²) < 4.78 is 5.73. The van der Waals surface area contributed by atoms with Crippen molar-refractivity contribution in [1.82, 2.24) is 9.88 Å². The molecule has 1 aliphatic rings. The Bertz CT molecular complexity index is 1100. The lowest BCUT2D eigenvalue weighted by Gasteiger charge is -2.38. The van der Waals surface area contributed by atoms with Crippen molar-refractivity contribution < 1.29 is 14.3 Å². The number of likely N-dealkylation sites (tertiary alicyclic amines) is 1. The predicted molar refractivity (Wildman–Crippen MR) is 106 cm³/mol. The van der Waals surface area contributed by atoms with E-state index >= 15 is 0 Å². The third-order valence-corrected chi connectivity index (χ3v) is 4.72. The van der Waals surface area contributed by atoms with E-state index in [4.69, 9.17) is 10.00 Å². The van der Waals surface area contributed by atoms with Gasteiger partial charge in [-0.25, -0.2) is 4.98 Å². The van der Waals surface area contributed by atoms with Gasteiger partial charge in [-0.15, -0.1) is 0 Å². The topological polar surface area (TPSA) is 83.3 Å². The minimum Gasteiger partial charge on any atom is -0.471 e. The summed E-state index contributed by atoms with van der Waals surface area (Å²) in [4.78, 5) is 31.5. The molecule has 1 aliphatic heterocycles. The third-order valence-electron chi connectivity index (χ3n) is 4.72. The van der Waals surface area contributed by atoms with Crippen molar-refractivity contribution in [2.45, 2.75) is 6.10 Å². The lowest BCUT2D eigenvalue weighted by atomic mass is 9.96. The van der Waals surface area contributed by atoms with Gasteiger partial charge >= 0.3 is 0 Å². The number of amides is 1. The average Bonchev–Trinajstić information content (AvgIpc) is 2.75. The van der Waals surface area contributed by atoms with Gasteiger partial charge in [-0.1, -0.05) is 48.5 Å². The van der Waals surface area contributed by atoms with Crippen LogP contribution in [0.4, 0.5) is 0 Å². The molecule has 2 aromatic carbocycles. The molecule has 1 saturated heterocycles. The van der Waals surface area contributed by atoms with Crippen molar-refractivity contribution in [2.75, 3.05) is 13.1 Å². The quantitative estimate of drug-likeness (QED) is 0.632. The number of aromatic nitrogens is 1. The highest BCUT2D eigenvalue weighted by atomic mass is 16.5. The van der Waals surface area contributed by atoms with Gasteiger partial charge in [0.1, 0.15) is 6.10 Å². The largest absolute Gasteiger partial charge is 0.471 e. The fourth-order valence-corrected chi connectivity index (χ4v) is 3.18. The summed E-state index contributed by atoms with van der Waals surface area (Å²) in [6, 6.07) is 21.0. The molecule has 0 radical (unpaired) electrons. The number of benzene rings is 2. The number of nitrogens with zero attached hydrogens (tertiary/aromatic N) is 3. The number of hydrogen-bond acceptors (Lipinski definition) is 5. The molecule has 0 aliphatic carbocycles. The molecule has 1 aromatic heterocycles. The van der Waals surface area contributed by atoms with Crippen molar-refractivity contribution in [2.24, 2.45) is 0 Å². The van der Waals surface area contributed by atoms with Crippen molar-refractivity contribution in [3.63, 3.8) is 0 Å². The fourth-order valence-electron chi connectivity index (χ4n) is 3.18. The van der Waals surface area contributed by atoms with Crippen LogP contribution >= 0.6 is 0 Å². The summed E-state index contributed by atoms with van der Waals surface area (Å²) >= 11 is 0. The standard InChI is InChI=1S/C23H17N3O3/c24-13-16-10-11-25-21(12-16)29-18-14-26(15-18)23(28)20-9-5-4-8-19(20)22(27)17-6-2-1-3-7-17/h1-12,18H,14-15H2. The molecule has 1 fully saturated rings. The Hall–Kier alpha value is -3.98. The predicted octanol–water partition coefficient (Wildman–Crippen LogP) is 3.09. The fraction of sp³-hybridized carbons (Fsp3) is 0.130. The van der Waals surface area contributed by atoms with Crippen LogP contribution in [0.5, 0.6) is 5.88 Å². The van der Waals surface area contributed by atoms with E-state index in [2.05, 4.69) is 4.98 Å². The van der Waals surface area contributed by atoms with Gasteiger partial charge in [0.2, 0.25) is 5.88 Å². The summed E-state index contributed by atoms with van der Waals surface area (Å²) in [5.74, 6) is -0.0235. The molecule has 0 bridgehead atoms. The normalized spacial score (nSPS) is 13.3. The summed E-state index contributed by atoms with van der Waals surface area (Å²) in [5, 5.41) is 8.95. The van der Waals surface area contributed by atoms with Crippen molar-refractivity contribution >= 4 is 11.7 Å². The Morgan fingerprint density at radius 2 is 1.69 bits per heavy atom.